The molecule has 0 unspecified atom stereocenters. The fraction of sp³-hybridized carbons (Fsp3) is 0.533. The van der Waals surface area contributed by atoms with Gasteiger partial charge in [0, 0.05) is 6.42 Å². The molecule has 2 nitrogen and oxygen atoms in total. The number of rotatable bonds is 4. The summed E-state index contributed by atoms with van der Waals surface area (Å²) in [5.74, 6) is -0.675. The molecular weight excluding hydrogens is 212 g/mol. The number of aliphatic carboxylic acids is 1. The number of benzene rings is 1. The van der Waals surface area contributed by atoms with Gasteiger partial charge in [-0.1, -0.05) is 49.6 Å². The zero-order chi connectivity index (χ0) is 12.1. The molecule has 0 radical (unpaired) electrons. The Hall–Kier alpha value is -1.31. The predicted octanol–water partition coefficient (Wildman–Crippen LogP) is 3.75. The lowest BCUT2D eigenvalue weighted by Gasteiger charge is -2.37. The van der Waals surface area contributed by atoms with Crippen LogP contribution in [-0.2, 0) is 10.2 Å². The second-order valence-corrected chi connectivity index (χ2v) is 5.10. The standard InChI is InChI=1S/C15H20O2/c16-14(17)9-12-15(10-5-2-6-11-15)13-7-3-1-4-8-13/h1,3-4,7-8H,2,5-6,9-12H2,(H,16,17). The van der Waals surface area contributed by atoms with Gasteiger partial charge in [0.2, 0.25) is 0 Å². The molecule has 92 valence electrons. The van der Waals surface area contributed by atoms with Crippen LogP contribution >= 0.6 is 0 Å². The summed E-state index contributed by atoms with van der Waals surface area (Å²) in [5.41, 5.74) is 1.46. The van der Waals surface area contributed by atoms with Gasteiger partial charge in [-0.15, -0.1) is 0 Å². The van der Waals surface area contributed by atoms with Crippen molar-refractivity contribution in [3.05, 3.63) is 35.9 Å². The smallest absolute Gasteiger partial charge is 0.303 e. The average molecular weight is 232 g/mol. The Kier molecular flexibility index (Phi) is 3.82. The van der Waals surface area contributed by atoms with E-state index in [1.165, 1.54) is 24.8 Å². The maximum atomic E-state index is 10.8. The SMILES string of the molecule is O=C(O)CCC1(c2ccccc2)CCCCC1. The topological polar surface area (TPSA) is 37.3 Å². The third kappa shape index (κ3) is 2.87. The van der Waals surface area contributed by atoms with Crippen LogP contribution in [0.1, 0.15) is 50.5 Å². The zero-order valence-corrected chi connectivity index (χ0v) is 10.2. The molecular formula is C15H20O2. The van der Waals surface area contributed by atoms with E-state index in [-0.39, 0.29) is 11.8 Å². The molecule has 1 aromatic carbocycles. The lowest BCUT2D eigenvalue weighted by molar-refractivity contribution is -0.137. The van der Waals surface area contributed by atoms with Crippen LogP contribution in [0.25, 0.3) is 0 Å². The van der Waals surface area contributed by atoms with Crippen LogP contribution in [0.15, 0.2) is 30.3 Å². The number of hydrogen-bond donors (Lipinski definition) is 1. The third-order valence-corrected chi connectivity index (χ3v) is 4.01. The minimum absolute atomic E-state index is 0.123. The maximum Gasteiger partial charge on any atom is 0.303 e. The highest BCUT2D eigenvalue weighted by molar-refractivity contribution is 5.66. The normalized spacial score (nSPS) is 18.8. The Morgan fingerprint density at radius 1 is 1.12 bits per heavy atom. The van der Waals surface area contributed by atoms with Crippen molar-refractivity contribution in [2.75, 3.05) is 0 Å². The van der Waals surface area contributed by atoms with Gasteiger partial charge in [0.1, 0.15) is 0 Å². The van der Waals surface area contributed by atoms with E-state index >= 15 is 0 Å². The number of hydrogen-bond acceptors (Lipinski definition) is 1. The molecule has 0 aromatic heterocycles. The Morgan fingerprint density at radius 3 is 2.35 bits per heavy atom. The van der Waals surface area contributed by atoms with Crippen LogP contribution in [0.2, 0.25) is 0 Å². The van der Waals surface area contributed by atoms with Crippen molar-refractivity contribution in [1.29, 1.82) is 0 Å². The Balaban J connectivity index is 2.20. The molecule has 17 heavy (non-hydrogen) atoms. The van der Waals surface area contributed by atoms with Crippen LogP contribution < -0.4 is 0 Å². The van der Waals surface area contributed by atoms with Crippen molar-refractivity contribution in [1.82, 2.24) is 0 Å². The van der Waals surface area contributed by atoms with Crippen molar-refractivity contribution in [3.8, 4) is 0 Å². The van der Waals surface area contributed by atoms with Crippen molar-refractivity contribution < 1.29 is 9.90 Å². The van der Waals surface area contributed by atoms with Crippen LogP contribution in [0, 0.1) is 0 Å². The van der Waals surface area contributed by atoms with Gasteiger partial charge in [0.05, 0.1) is 0 Å². The van der Waals surface area contributed by atoms with E-state index in [1.807, 2.05) is 6.07 Å². The first-order valence-corrected chi connectivity index (χ1v) is 6.50. The Bertz CT molecular complexity index is 364. The highest BCUT2D eigenvalue weighted by Gasteiger charge is 2.33. The molecule has 1 aliphatic carbocycles. The quantitative estimate of drug-likeness (QED) is 0.858. The molecule has 1 fully saturated rings. The minimum atomic E-state index is -0.675. The molecule has 1 aromatic rings. The molecule has 0 amide bonds. The molecule has 0 bridgehead atoms. The fourth-order valence-corrected chi connectivity index (χ4v) is 3.05. The highest BCUT2D eigenvalue weighted by atomic mass is 16.4. The highest BCUT2D eigenvalue weighted by Crippen LogP contribution is 2.42. The van der Waals surface area contributed by atoms with Crippen LogP contribution in [0.5, 0.6) is 0 Å². The Labute approximate surface area is 103 Å². The number of carboxylic acid groups (broad SMARTS) is 1. The van der Waals surface area contributed by atoms with Gasteiger partial charge in [-0.05, 0) is 30.2 Å². The molecule has 1 aliphatic rings. The molecule has 2 rings (SSSR count). The largest absolute Gasteiger partial charge is 0.481 e. The summed E-state index contributed by atoms with van der Waals surface area (Å²) in [5, 5.41) is 8.91. The summed E-state index contributed by atoms with van der Waals surface area (Å²) < 4.78 is 0. The number of carboxylic acids is 1. The lowest BCUT2D eigenvalue weighted by atomic mass is 9.67. The second kappa shape index (κ2) is 5.35. The molecule has 0 saturated heterocycles. The average Bonchev–Trinajstić information content (AvgIpc) is 2.39. The summed E-state index contributed by atoms with van der Waals surface area (Å²) >= 11 is 0. The summed E-state index contributed by atoms with van der Waals surface area (Å²) in [7, 11) is 0. The predicted molar refractivity (Wildman–Crippen MR) is 68.1 cm³/mol. The number of carbonyl (C=O) groups is 1. The maximum absolute atomic E-state index is 10.8. The van der Waals surface area contributed by atoms with Gasteiger partial charge >= 0.3 is 5.97 Å². The van der Waals surface area contributed by atoms with Crippen LogP contribution in [-0.4, -0.2) is 11.1 Å². The van der Waals surface area contributed by atoms with E-state index in [4.69, 9.17) is 5.11 Å². The molecule has 0 heterocycles. The first-order valence-electron chi connectivity index (χ1n) is 6.50. The van der Waals surface area contributed by atoms with Gasteiger partial charge < -0.3 is 5.11 Å². The molecule has 1 N–H and O–H groups in total. The van der Waals surface area contributed by atoms with Crippen LogP contribution in [0.3, 0.4) is 0 Å². The van der Waals surface area contributed by atoms with Crippen LogP contribution in [0.4, 0.5) is 0 Å². The molecule has 2 heteroatoms. The molecule has 0 aliphatic heterocycles. The monoisotopic (exact) mass is 232 g/mol. The van der Waals surface area contributed by atoms with Gasteiger partial charge in [0.15, 0.2) is 0 Å². The molecule has 1 saturated carbocycles. The van der Waals surface area contributed by atoms with E-state index in [0.29, 0.717) is 0 Å². The summed E-state index contributed by atoms with van der Waals surface area (Å²) in [6, 6.07) is 10.5. The minimum Gasteiger partial charge on any atom is -0.481 e. The van der Waals surface area contributed by atoms with Crippen molar-refractivity contribution in [2.24, 2.45) is 0 Å². The van der Waals surface area contributed by atoms with Gasteiger partial charge in [-0.25, -0.2) is 0 Å². The van der Waals surface area contributed by atoms with Crippen molar-refractivity contribution in [3.63, 3.8) is 0 Å². The fourth-order valence-electron chi connectivity index (χ4n) is 3.05. The van der Waals surface area contributed by atoms with E-state index in [9.17, 15) is 4.79 Å². The van der Waals surface area contributed by atoms with Crippen molar-refractivity contribution >= 4 is 5.97 Å². The second-order valence-electron chi connectivity index (χ2n) is 5.10. The zero-order valence-electron chi connectivity index (χ0n) is 10.2. The van der Waals surface area contributed by atoms with Gasteiger partial charge in [-0.3, -0.25) is 4.79 Å². The van der Waals surface area contributed by atoms with Gasteiger partial charge in [0.25, 0.3) is 0 Å². The van der Waals surface area contributed by atoms with E-state index in [1.54, 1.807) is 0 Å². The summed E-state index contributed by atoms with van der Waals surface area (Å²) in [4.78, 5) is 10.8. The van der Waals surface area contributed by atoms with Crippen molar-refractivity contribution in [2.45, 2.75) is 50.4 Å². The van der Waals surface area contributed by atoms with Gasteiger partial charge in [-0.2, -0.15) is 0 Å². The van der Waals surface area contributed by atoms with E-state index in [0.717, 1.165) is 19.3 Å². The molecule has 0 spiro atoms. The lowest BCUT2D eigenvalue weighted by Crippen LogP contribution is -2.29. The van der Waals surface area contributed by atoms with E-state index < -0.39 is 5.97 Å². The first-order chi connectivity index (χ1) is 8.23. The molecule has 0 atom stereocenters. The summed E-state index contributed by atoms with van der Waals surface area (Å²) in [6.07, 6.45) is 7.11. The summed E-state index contributed by atoms with van der Waals surface area (Å²) in [6.45, 7) is 0. The first kappa shape index (κ1) is 12.2. The van der Waals surface area contributed by atoms with E-state index in [2.05, 4.69) is 24.3 Å². The Morgan fingerprint density at radius 2 is 1.76 bits per heavy atom. The third-order valence-electron chi connectivity index (χ3n) is 4.01.